The summed E-state index contributed by atoms with van der Waals surface area (Å²) in [6.07, 6.45) is 0. The molecule has 0 aliphatic carbocycles. The van der Waals surface area contributed by atoms with Crippen molar-refractivity contribution in [2.24, 2.45) is 0 Å². The van der Waals surface area contributed by atoms with E-state index in [2.05, 4.69) is 10.1 Å². The molecule has 1 N–H and O–H groups in total. The van der Waals surface area contributed by atoms with Crippen molar-refractivity contribution in [3.63, 3.8) is 0 Å². The molecule has 2 aromatic rings. The number of rotatable bonds is 6. The van der Waals surface area contributed by atoms with Crippen LogP contribution >= 0.6 is 23.2 Å². The lowest BCUT2D eigenvalue weighted by Gasteiger charge is -2.10. The van der Waals surface area contributed by atoms with Gasteiger partial charge in [-0.3, -0.25) is 4.79 Å². The molecule has 122 valence electrons. The van der Waals surface area contributed by atoms with E-state index in [1.807, 2.05) is 0 Å². The second-order valence-electron chi connectivity index (χ2n) is 4.29. The summed E-state index contributed by atoms with van der Waals surface area (Å²) in [5, 5.41) is 3.08. The molecule has 0 aliphatic heterocycles. The van der Waals surface area contributed by atoms with Crippen molar-refractivity contribution >= 4 is 34.8 Å². The van der Waals surface area contributed by atoms with Gasteiger partial charge in [0.2, 0.25) is 0 Å². The Bertz CT molecular complexity index is 681. The minimum absolute atomic E-state index is 0.0000387. The van der Waals surface area contributed by atoms with Crippen LogP contribution in [0.4, 0.5) is 14.5 Å². The van der Waals surface area contributed by atoms with E-state index in [1.165, 1.54) is 24.3 Å². The standard InChI is InChI=1S/C15H11Cl2F2NO3/c16-11-2-1-3-12(14(11)17)22-8-13(21)20-9-4-6-10(7-5-9)23-15(18)19/h1-7,15H,8H2,(H,20,21). The highest BCUT2D eigenvalue weighted by atomic mass is 35.5. The number of anilines is 1. The van der Waals surface area contributed by atoms with Crippen molar-refractivity contribution in [1.29, 1.82) is 0 Å². The summed E-state index contributed by atoms with van der Waals surface area (Å²) in [6, 6.07) is 10.3. The van der Waals surface area contributed by atoms with Gasteiger partial charge in [-0.1, -0.05) is 29.3 Å². The lowest BCUT2D eigenvalue weighted by Crippen LogP contribution is -2.20. The number of amides is 1. The van der Waals surface area contributed by atoms with Crippen molar-refractivity contribution < 1.29 is 23.0 Å². The molecular formula is C15H11Cl2F2NO3. The Morgan fingerprint density at radius 3 is 2.48 bits per heavy atom. The maximum absolute atomic E-state index is 12.0. The minimum Gasteiger partial charge on any atom is -0.482 e. The number of ether oxygens (including phenoxy) is 2. The second-order valence-corrected chi connectivity index (χ2v) is 5.08. The molecule has 0 saturated heterocycles. The average Bonchev–Trinajstić information content (AvgIpc) is 2.50. The lowest BCUT2D eigenvalue weighted by atomic mass is 10.3. The summed E-state index contributed by atoms with van der Waals surface area (Å²) in [6.45, 7) is -3.18. The van der Waals surface area contributed by atoms with Crippen molar-refractivity contribution in [3.8, 4) is 11.5 Å². The quantitative estimate of drug-likeness (QED) is 0.816. The number of carbonyl (C=O) groups is 1. The van der Waals surface area contributed by atoms with E-state index in [4.69, 9.17) is 27.9 Å². The van der Waals surface area contributed by atoms with Gasteiger partial charge in [0.25, 0.3) is 5.91 Å². The first kappa shape index (κ1) is 17.3. The molecule has 0 atom stereocenters. The second kappa shape index (κ2) is 7.99. The van der Waals surface area contributed by atoms with Crippen LogP contribution in [0.5, 0.6) is 11.5 Å². The fraction of sp³-hybridized carbons (Fsp3) is 0.133. The monoisotopic (exact) mass is 361 g/mol. The molecule has 0 radical (unpaired) electrons. The third-order valence-electron chi connectivity index (χ3n) is 2.64. The molecule has 0 heterocycles. The van der Waals surface area contributed by atoms with Crippen molar-refractivity contribution in [1.82, 2.24) is 0 Å². The molecule has 8 heteroatoms. The molecule has 23 heavy (non-hydrogen) atoms. The highest BCUT2D eigenvalue weighted by Gasteiger charge is 2.09. The zero-order chi connectivity index (χ0) is 16.8. The van der Waals surface area contributed by atoms with Gasteiger partial charge in [-0.2, -0.15) is 8.78 Å². The fourth-order valence-electron chi connectivity index (χ4n) is 1.66. The molecular weight excluding hydrogens is 351 g/mol. The van der Waals surface area contributed by atoms with Gasteiger partial charge in [0.05, 0.1) is 5.02 Å². The summed E-state index contributed by atoms with van der Waals surface area (Å²) in [4.78, 5) is 11.8. The highest BCUT2D eigenvalue weighted by Crippen LogP contribution is 2.31. The first-order valence-electron chi connectivity index (χ1n) is 6.37. The number of benzene rings is 2. The number of alkyl halides is 2. The first-order valence-corrected chi connectivity index (χ1v) is 7.13. The van der Waals surface area contributed by atoms with E-state index in [1.54, 1.807) is 18.2 Å². The van der Waals surface area contributed by atoms with Crippen LogP contribution in [0.1, 0.15) is 0 Å². The zero-order valence-electron chi connectivity index (χ0n) is 11.6. The van der Waals surface area contributed by atoms with Crippen LogP contribution in [-0.4, -0.2) is 19.1 Å². The van der Waals surface area contributed by atoms with Gasteiger partial charge >= 0.3 is 6.61 Å². The Morgan fingerprint density at radius 1 is 1.13 bits per heavy atom. The molecule has 4 nitrogen and oxygen atoms in total. The SMILES string of the molecule is O=C(COc1cccc(Cl)c1Cl)Nc1ccc(OC(F)F)cc1. The maximum atomic E-state index is 12.0. The number of carbonyl (C=O) groups excluding carboxylic acids is 1. The van der Waals surface area contributed by atoms with E-state index in [0.29, 0.717) is 10.7 Å². The predicted molar refractivity (Wildman–Crippen MR) is 83.7 cm³/mol. The van der Waals surface area contributed by atoms with Crippen LogP contribution in [0, 0.1) is 0 Å². The van der Waals surface area contributed by atoms with Crippen molar-refractivity contribution in [2.75, 3.05) is 11.9 Å². The van der Waals surface area contributed by atoms with Gasteiger partial charge in [-0.15, -0.1) is 0 Å². The predicted octanol–water partition coefficient (Wildman–Crippen LogP) is 4.61. The summed E-state index contributed by atoms with van der Waals surface area (Å²) in [5.74, 6) is -0.154. The van der Waals surface area contributed by atoms with Crippen molar-refractivity contribution in [3.05, 3.63) is 52.5 Å². The lowest BCUT2D eigenvalue weighted by molar-refractivity contribution is -0.118. The summed E-state index contributed by atoms with van der Waals surface area (Å²) in [5.41, 5.74) is 0.414. The average molecular weight is 362 g/mol. The minimum atomic E-state index is -2.90. The van der Waals surface area contributed by atoms with Gasteiger partial charge in [-0.25, -0.2) is 0 Å². The summed E-state index contributed by atoms with van der Waals surface area (Å²) < 4.78 is 33.5. The Kier molecular flexibility index (Phi) is 6.01. The highest BCUT2D eigenvalue weighted by molar-refractivity contribution is 6.42. The van der Waals surface area contributed by atoms with E-state index >= 15 is 0 Å². The Hall–Kier alpha value is -2.05. The van der Waals surface area contributed by atoms with Crippen LogP contribution in [0.3, 0.4) is 0 Å². The van der Waals surface area contributed by atoms with Crippen LogP contribution in [-0.2, 0) is 4.79 Å². The first-order chi connectivity index (χ1) is 11.0. The van der Waals surface area contributed by atoms with E-state index in [0.717, 1.165) is 0 Å². The number of halogens is 4. The maximum Gasteiger partial charge on any atom is 0.387 e. The van der Waals surface area contributed by atoms with Gasteiger partial charge in [-0.05, 0) is 36.4 Å². The normalized spacial score (nSPS) is 10.5. The van der Waals surface area contributed by atoms with Gasteiger partial charge in [0.1, 0.15) is 16.5 Å². The molecule has 0 saturated carbocycles. The van der Waals surface area contributed by atoms with Crippen LogP contribution in [0.2, 0.25) is 10.0 Å². The van der Waals surface area contributed by atoms with Gasteiger partial charge < -0.3 is 14.8 Å². The smallest absolute Gasteiger partial charge is 0.387 e. The zero-order valence-corrected chi connectivity index (χ0v) is 13.1. The third kappa shape index (κ3) is 5.26. The molecule has 0 unspecified atom stereocenters. The molecule has 0 spiro atoms. The fourth-order valence-corrected chi connectivity index (χ4v) is 2.00. The molecule has 2 aromatic carbocycles. The molecule has 0 fully saturated rings. The third-order valence-corrected chi connectivity index (χ3v) is 3.44. The largest absolute Gasteiger partial charge is 0.482 e. The Balaban J connectivity index is 1.88. The van der Waals surface area contributed by atoms with Crippen LogP contribution in [0.25, 0.3) is 0 Å². The molecule has 0 bridgehead atoms. The number of hydrogen-bond acceptors (Lipinski definition) is 3. The van der Waals surface area contributed by atoms with Gasteiger partial charge in [0.15, 0.2) is 6.61 Å². The molecule has 1 amide bonds. The van der Waals surface area contributed by atoms with E-state index in [9.17, 15) is 13.6 Å². The summed E-state index contributed by atoms with van der Waals surface area (Å²) in [7, 11) is 0. The summed E-state index contributed by atoms with van der Waals surface area (Å²) >= 11 is 11.8. The van der Waals surface area contributed by atoms with E-state index in [-0.39, 0.29) is 23.1 Å². The van der Waals surface area contributed by atoms with E-state index < -0.39 is 12.5 Å². The molecule has 2 rings (SSSR count). The molecule has 0 aliphatic rings. The Morgan fingerprint density at radius 2 is 1.83 bits per heavy atom. The van der Waals surface area contributed by atoms with Crippen LogP contribution in [0.15, 0.2) is 42.5 Å². The topological polar surface area (TPSA) is 47.6 Å². The van der Waals surface area contributed by atoms with Crippen LogP contribution < -0.4 is 14.8 Å². The van der Waals surface area contributed by atoms with Crippen molar-refractivity contribution in [2.45, 2.75) is 6.61 Å². The molecule has 0 aromatic heterocycles. The number of nitrogens with one attached hydrogen (secondary N) is 1. The number of hydrogen-bond donors (Lipinski definition) is 1. The van der Waals surface area contributed by atoms with Gasteiger partial charge in [0, 0.05) is 5.69 Å². The Labute approximate surface area is 140 Å².